The van der Waals surface area contributed by atoms with Gasteiger partial charge in [0.05, 0.1) is 17.5 Å². The van der Waals surface area contributed by atoms with E-state index in [0.717, 1.165) is 0 Å². The summed E-state index contributed by atoms with van der Waals surface area (Å²) in [6, 6.07) is 0. The molecule has 0 spiro atoms. The van der Waals surface area contributed by atoms with E-state index in [1.807, 2.05) is 0 Å². The van der Waals surface area contributed by atoms with Crippen LogP contribution in [-0.2, 0) is 0 Å². The van der Waals surface area contributed by atoms with Crippen LogP contribution in [0.2, 0.25) is 0 Å². The van der Waals surface area contributed by atoms with Crippen LogP contribution >= 0.6 is 0 Å². The van der Waals surface area contributed by atoms with Crippen molar-refractivity contribution in [1.29, 1.82) is 0 Å². The van der Waals surface area contributed by atoms with E-state index >= 15 is 0 Å². The molecule has 4 heteroatoms. The molecule has 0 saturated heterocycles. The number of aldehydes is 1. The third kappa shape index (κ3) is 1.51. The van der Waals surface area contributed by atoms with Crippen LogP contribution in [0.15, 0.2) is 30.6 Å². The van der Waals surface area contributed by atoms with E-state index in [4.69, 9.17) is 0 Å². The minimum absolute atomic E-state index is 0.363. The van der Waals surface area contributed by atoms with Crippen molar-refractivity contribution < 1.29 is 9.18 Å². The Balaban J connectivity index is 2.33. The number of hydrogen-bond donors (Lipinski definition) is 0. The summed E-state index contributed by atoms with van der Waals surface area (Å²) in [6.45, 7) is 0. The molecule has 1 aromatic rings. The first-order chi connectivity index (χ1) is 6.81. The second kappa shape index (κ2) is 3.57. The quantitative estimate of drug-likeness (QED) is 0.670. The summed E-state index contributed by atoms with van der Waals surface area (Å²) < 4.78 is 14.8. The summed E-state index contributed by atoms with van der Waals surface area (Å²) in [5.74, 6) is 0. The normalized spacial score (nSPS) is 20.6. The van der Waals surface area contributed by atoms with E-state index in [2.05, 4.69) is 5.10 Å². The van der Waals surface area contributed by atoms with Gasteiger partial charge in [0.25, 0.3) is 0 Å². The minimum Gasteiger partial charge on any atom is -0.298 e. The van der Waals surface area contributed by atoms with Crippen LogP contribution in [0.4, 0.5) is 4.39 Å². The molecule has 0 radical (unpaired) electrons. The van der Waals surface area contributed by atoms with Crippen LogP contribution in [0, 0.1) is 0 Å². The van der Waals surface area contributed by atoms with Gasteiger partial charge >= 0.3 is 0 Å². The molecule has 72 valence electrons. The molecular weight excluding hydrogens is 183 g/mol. The molecule has 14 heavy (non-hydrogen) atoms. The maximum Gasteiger partial charge on any atom is 0.153 e. The van der Waals surface area contributed by atoms with Gasteiger partial charge in [0.2, 0.25) is 0 Å². The SMILES string of the molecule is O=Cc1cnn(C2=CC=CC[C@H]2F)c1. The van der Waals surface area contributed by atoms with Gasteiger partial charge in [-0.1, -0.05) is 12.2 Å². The van der Waals surface area contributed by atoms with Crippen molar-refractivity contribution >= 4 is 12.0 Å². The molecule has 0 saturated carbocycles. The molecule has 2 rings (SSSR count). The van der Waals surface area contributed by atoms with Crippen molar-refractivity contribution in [3.05, 3.63) is 36.2 Å². The number of nitrogens with zero attached hydrogens (tertiary/aromatic N) is 2. The van der Waals surface area contributed by atoms with E-state index in [0.29, 0.717) is 24.0 Å². The average molecular weight is 192 g/mol. The first-order valence-electron chi connectivity index (χ1n) is 4.32. The van der Waals surface area contributed by atoms with E-state index < -0.39 is 6.17 Å². The van der Waals surface area contributed by atoms with Gasteiger partial charge in [-0.05, 0) is 6.08 Å². The summed E-state index contributed by atoms with van der Waals surface area (Å²) in [5.41, 5.74) is 0.924. The summed E-state index contributed by atoms with van der Waals surface area (Å²) in [4.78, 5) is 10.4. The first-order valence-corrected chi connectivity index (χ1v) is 4.32. The van der Waals surface area contributed by atoms with E-state index in [9.17, 15) is 9.18 Å². The van der Waals surface area contributed by atoms with Gasteiger partial charge in [-0.2, -0.15) is 5.10 Å². The Morgan fingerprint density at radius 3 is 3.14 bits per heavy atom. The standard InChI is InChI=1S/C10H9FN2O/c11-9-3-1-2-4-10(9)13-6-8(7-14)5-12-13/h1-2,4-7,9H,3H2/t9-/m1/s1. The summed E-state index contributed by atoms with van der Waals surface area (Å²) in [6.07, 6.45) is 8.16. The highest BCUT2D eigenvalue weighted by molar-refractivity contribution is 5.74. The van der Waals surface area contributed by atoms with Crippen LogP contribution in [0.3, 0.4) is 0 Å². The summed E-state index contributed by atoms with van der Waals surface area (Å²) in [5, 5.41) is 3.90. The molecular formula is C10H9FN2O. The Hall–Kier alpha value is -1.71. The van der Waals surface area contributed by atoms with Gasteiger partial charge in [-0.3, -0.25) is 4.79 Å². The van der Waals surface area contributed by atoms with Gasteiger partial charge < -0.3 is 0 Å². The lowest BCUT2D eigenvalue weighted by Gasteiger charge is -2.13. The highest BCUT2D eigenvalue weighted by atomic mass is 19.1. The number of hydrogen-bond acceptors (Lipinski definition) is 2. The largest absolute Gasteiger partial charge is 0.298 e. The van der Waals surface area contributed by atoms with Crippen molar-refractivity contribution in [3.8, 4) is 0 Å². The predicted octanol–water partition coefficient (Wildman–Crippen LogP) is 1.83. The summed E-state index contributed by atoms with van der Waals surface area (Å²) in [7, 11) is 0. The molecule has 0 aromatic carbocycles. The third-order valence-corrected chi connectivity index (χ3v) is 2.07. The maximum atomic E-state index is 13.4. The van der Waals surface area contributed by atoms with E-state index in [-0.39, 0.29) is 0 Å². The zero-order valence-electron chi connectivity index (χ0n) is 7.43. The second-order valence-electron chi connectivity index (χ2n) is 3.06. The van der Waals surface area contributed by atoms with Gasteiger partial charge in [-0.25, -0.2) is 9.07 Å². The number of halogens is 1. The van der Waals surface area contributed by atoms with Crippen molar-refractivity contribution in [3.63, 3.8) is 0 Å². The fourth-order valence-corrected chi connectivity index (χ4v) is 1.35. The smallest absolute Gasteiger partial charge is 0.153 e. The Bertz CT molecular complexity index is 406. The maximum absolute atomic E-state index is 13.4. The fraction of sp³-hybridized carbons (Fsp3) is 0.200. The van der Waals surface area contributed by atoms with Crippen molar-refractivity contribution in [1.82, 2.24) is 9.78 Å². The summed E-state index contributed by atoms with van der Waals surface area (Å²) >= 11 is 0. The van der Waals surface area contributed by atoms with Crippen LogP contribution in [0.1, 0.15) is 16.8 Å². The molecule has 0 aliphatic heterocycles. The number of aromatic nitrogens is 2. The van der Waals surface area contributed by atoms with Crippen molar-refractivity contribution in [2.24, 2.45) is 0 Å². The fourth-order valence-electron chi connectivity index (χ4n) is 1.35. The monoisotopic (exact) mass is 192 g/mol. The number of carbonyl (C=O) groups excluding carboxylic acids is 1. The number of allylic oxidation sites excluding steroid dienone is 4. The van der Waals surface area contributed by atoms with Gasteiger partial charge in [0.1, 0.15) is 6.17 Å². The molecule has 1 atom stereocenters. The Morgan fingerprint density at radius 2 is 2.50 bits per heavy atom. The highest BCUT2D eigenvalue weighted by Crippen LogP contribution is 2.20. The van der Waals surface area contributed by atoms with Gasteiger partial charge in [0.15, 0.2) is 6.29 Å². The topological polar surface area (TPSA) is 34.9 Å². The lowest BCUT2D eigenvalue weighted by Crippen LogP contribution is -2.11. The zero-order chi connectivity index (χ0) is 9.97. The number of alkyl halides is 1. The van der Waals surface area contributed by atoms with Crippen molar-refractivity contribution in [2.75, 3.05) is 0 Å². The highest BCUT2D eigenvalue weighted by Gasteiger charge is 2.16. The molecule has 0 fully saturated rings. The second-order valence-corrected chi connectivity index (χ2v) is 3.06. The van der Waals surface area contributed by atoms with Gasteiger partial charge in [-0.15, -0.1) is 0 Å². The molecule has 1 aliphatic rings. The Morgan fingerprint density at radius 1 is 1.64 bits per heavy atom. The average Bonchev–Trinajstić information content (AvgIpc) is 2.67. The molecule has 1 heterocycles. The Kier molecular flexibility index (Phi) is 2.26. The molecule has 0 bridgehead atoms. The number of rotatable bonds is 2. The first kappa shape index (κ1) is 8.87. The van der Waals surface area contributed by atoms with Crippen LogP contribution in [0.5, 0.6) is 0 Å². The third-order valence-electron chi connectivity index (χ3n) is 2.07. The van der Waals surface area contributed by atoms with Crippen LogP contribution in [-0.4, -0.2) is 22.2 Å². The molecule has 0 amide bonds. The lowest BCUT2D eigenvalue weighted by atomic mass is 10.1. The molecule has 1 aromatic heterocycles. The van der Waals surface area contributed by atoms with Crippen LogP contribution in [0.25, 0.3) is 5.70 Å². The predicted molar refractivity (Wildman–Crippen MR) is 50.5 cm³/mol. The number of carbonyl (C=O) groups is 1. The van der Waals surface area contributed by atoms with Crippen LogP contribution < -0.4 is 0 Å². The van der Waals surface area contributed by atoms with E-state index in [1.54, 1.807) is 18.2 Å². The molecule has 1 aliphatic carbocycles. The van der Waals surface area contributed by atoms with E-state index in [1.165, 1.54) is 17.1 Å². The molecule has 0 unspecified atom stereocenters. The zero-order valence-corrected chi connectivity index (χ0v) is 7.43. The minimum atomic E-state index is -1.04. The molecule has 0 N–H and O–H groups in total. The molecule has 3 nitrogen and oxygen atoms in total. The lowest BCUT2D eigenvalue weighted by molar-refractivity contribution is 0.112. The van der Waals surface area contributed by atoms with Crippen molar-refractivity contribution in [2.45, 2.75) is 12.6 Å². The Labute approximate surface area is 80.5 Å². The van der Waals surface area contributed by atoms with Gasteiger partial charge in [0, 0.05) is 12.6 Å².